The number of nitrogens with zero attached hydrogens (tertiary/aromatic N) is 3. The third kappa shape index (κ3) is 4.49. The molecule has 1 atom stereocenters. The van der Waals surface area contributed by atoms with Gasteiger partial charge in [0.1, 0.15) is 11.3 Å². The van der Waals surface area contributed by atoms with E-state index in [1.54, 1.807) is 0 Å². The van der Waals surface area contributed by atoms with E-state index in [1.165, 1.54) is 27.1 Å². The number of aryl methyl sites for hydroxylation is 1. The Morgan fingerprint density at radius 2 is 1.37 bits per heavy atom. The number of furan rings is 1. The van der Waals surface area contributed by atoms with Crippen molar-refractivity contribution in [1.82, 2.24) is 15.0 Å². The van der Waals surface area contributed by atoms with E-state index in [9.17, 15) is 0 Å². The van der Waals surface area contributed by atoms with Gasteiger partial charge in [-0.1, -0.05) is 116 Å². The van der Waals surface area contributed by atoms with Gasteiger partial charge in [-0.25, -0.2) is 15.0 Å². The van der Waals surface area contributed by atoms with Gasteiger partial charge in [-0.2, -0.15) is 0 Å². The molecule has 0 saturated carbocycles. The van der Waals surface area contributed by atoms with Crippen LogP contribution in [0.4, 0.5) is 0 Å². The van der Waals surface area contributed by atoms with Crippen LogP contribution in [0.3, 0.4) is 0 Å². The zero-order chi connectivity index (χ0) is 30.6. The zero-order valence-corrected chi connectivity index (χ0v) is 25.6. The van der Waals surface area contributed by atoms with Gasteiger partial charge in [0.25, 0.3) is 0 Å². The van der Waals surface area contributed by atoms with E-state index in [0.717, 1.165) is 69.7 Å². The van der Waals surface area contributed by atoms with Gasteiger partial charge in [-0.15, -0.1) is 0 Å². The third-order valence-corrected chi connectivity index (χ3v) is 9.43. The summed E-state index contributed by atoms with van der Waals surface area (Å²) < 4.78 is 6.51. The first-order chi connectivity index (χ1) is 22.7. The first-order valence-corrected chi connectivity index (χ1v) is 16.1. The lowest BCUT2D eigenvalue weighted by atomic mass is 9.91. The molecule has 0 saturated heterocycles. The Morgan fingerprint density at radius 3 is 2.24 bits per heavy atom. The van der Waals surface area contributed by atoms with Gasteiger partial charge in [0.2, 0.25) is 0 Å². The number of hydrogen-bond donors (Lipinski definition) is 0. The molecule has 2 aliphatic rings. The lowest BCUT2D eigenvalue weighted by molar-refractivity contribution is 0.545. The SMILES string of the molecule is CC1CC=CC=C1c1nc(C2=CCCc3oc4ccc(-c5ccc6ccc7ccccc7c6c5)cc4c32)nc(-c2ccccc2)n1. The summed E-state index contributed by atoms with van der Waals surface area (Å²) in [5.41, 5.74) is 7.46. The Balaban J connectivity index is 1.21. The van der Waals surface area contributed by atoms with Crippen molar-refractivity contribution in [3.05, 3.63) is 150 Å². The molecule has 0 N–H and O–H groups in total. The highest BCUT2D eigenvalue weighted by Crippen LogP contribution is 2.41. The molecule has 4 heteroatoms. The first-order valence-electron chi connectivity index (χ1n) is 16.1. The fraction of sp³-hybridized carbons (Fsp3) is 0.119. The van der Waals surface area contributed by atoms with Gasteiger partial charge < -0.3 is 4.42 Å². The minimum Gasteiger partial charge on any atom is -0.460 e. The molecule has 2 aliphatic carbocycles. The average molecular weight is 594 g/mol. The Kier molecular flexibility index (Phi) is 6.27. The van der Waals surface area contributed by atoms with Crippen LogP contribution in [0.5, 0.6) is 0 Å². The van der Waals surface area contributed by atoms with Crippen molar-refractivity contribution in [3.8, 4) is 22.5 Å². The second-order valence-electron chi connectivity index (χ2n) is 12.3. The minimum atomic E-state index is 0.330. The topological polar surface area (TPSA) is 51.8 Å². The van der Waals surface area contributed by atoms with Crippen LogP contribution in [0.25, 0.3) is 66.2 Å². The van der Waals surface area contributed by atoms with E-state index >= 15 is 0 Å². The maximum atomic E-state index is 6.51. The molecule has 220 valence electrons. The second-order valence-corrected chi connectivity index (χ2v) is 12.3. The van der Waals surface area contributed by atoms with Gasteiger partial charge >= 0.3 is 0 Å². The summed E-state index contributed by atoms with van der Waals surface area (Å²) in [4.78, 5) is 15.3. The van der Waals surface area contributed by atoms with Crippen molar-refractivity contribution in [3.63, 3.8) is 0 Å². The van der Waals surface area contributed by atoms with Gasteiger partial charge in [0.15, 0.2) is 17.5 Å². The van der Waals surface area contributed by atoms with Gasteiger partial charge in [0.05, 0.1) is 0 Å². The molecule has 5 aromatic carbocycles. The average Bonchev–Trinajstić information content (AvgIpc) is 3.50. The van der Waals surface area contributed by atoms with Crippen molar-refractivity contribution in [2.75, 3.05) is 0 Å². The Labute approximate surface area is 267 Å². The number of hydrogen-bond acceptors (Lipinski definition) is 4. The minimum absolute atomic E-state index is 0.330. The Hall–Kier alpha value is -5.61. The van der Waals surface area contributed by atoms with Crippen LogP contribution in [0.15, 0.2) is 132 Å². The molecule has 1 unspecified atom stereocenters. The van der Waals surface area contributed by atoms with Crippen LogP contribution in [0, 0.1) is 5.92 Å². The fourth-order valence-electron chi connectivity index (χ4n) is 7.02. The predicted octanol–water partition coefficient (Wildman–Crippen LogP) is 10.6. The van der Waals surface area contributed by atoms with E-state index in [4.69, 9.17) is 19.4 Å². The Bertz CT molecular complexity index is 2410. The highest BCUT2D eigenvalue weighted by atomic mass is 16.3. The summed E-state index contributed by atoms with van der Waals surface area (Å²) in [7, 11) is 0. The largest absolute Gasteiger partial charge is 0.460 e. The van der Waals surface area contributed by atoms with Crippen LogP contribution in [-0.4, -0.2) is 15.0 Å². The number of fused-ring (bicyclic) bond motifs is 6. The van der Waals surface area contributed by atoms with E-state index in [1.807, 2.05) is 18.2 Å². The van der Waals surface area contributed by atoms with Crippen molar-refractivity contribution in [1.29, 1.82) is 0 Å². The number of allylic oxidation sites excluding steroid dienone is 5. The number of benzene rings is 5. The first kappa shape index (κ1) is 26.8. The molecule has 0 spiro atoms. The van der Waals surface area contributed by atoms with Crippen LogP contribution in [0.1, 0.15) is 42.7 Å². The lowest BCUT2D eigenvalue weighted by Gasteiger charge is -2.18. The molecule has 0 bridgehead atoms. The summed E-state index contributed by atoms with van der Waals surface area (Å²) in [5.74, 6) is 3.44. The summed E-state index contributed by atoms with van der Waals surface area (Å²) in [5, 5.41) is 6.12. The van der Waals surface area contributed by atoms with Crippen molar-refractivity contribution in [2.45, 2.75) is 26.2 Å². The van der Waals surface area contributed by atoms with E-state index in [2.05, 4.69) is 116 Å². The molecule has 2 aromatic heterocycles. The standard InChI is InChI=1S/C42H31N3O/c1-26-10-5-7-14-32(26)41-43-40(29-12-3-2-4-13-29)44-42(45-41)34-16-9-17-38-39(34)36-25-31(22-23-37(36)46-38)30-21-20-28-19-18-27-11-6-8-15-33(27)35(28)24-30/h2-8,11-16,18-26H,9-10,17H2,1H3. The smallest absolute Gasteiger partial charge is 0.164 e. The maximum absolute atomic E-state index is 6.51. The molecule has 0 amide bonds. The molecule has 4 nitrogen and oxygen atoms in total. The number of rotatable bonds is 4. The molecular weight excluding hydrogens is 562 g/mol. The summed E-state index contributed by atoms with van der Waals surface area (Å²) in [6.07, 6.45) is 11.4. The molecule has 0 fully saturated rings. The molecule has 46 heavy (non-hydrogen) atoms. The van der Waals surface area contributed by atoms with Crippen molar-refractivity contribution < 1.29 is 4.42 Å². The molecule has 2 heterocycles. The normalized spacial score (nSPS) is 16.1. The number of aromatic nitrogens is 3. The maximum Gasteiger partial charge on any atom is 0.164 e. The second kappa shape index (κ2) is 10.8. The highest BCUT2D eigenvalue weighted by Gasteiger charge is 2.26. The van der Waals surface area contributed by atoms with E-state index in [0.29, 0.717) is 17.6 Å². The summed E-state index contributed by atoms with van der Waals surface area (Å²) in [6.45, 7) is 2.24. The van der Waals surface area contributed by atoms with Gasteiger partial charge in [-0.3, -0.25) is 0 Å². The fourth-order valence-corrected chi connectivity index (χ4v) is 7.02. The summed E-state index contributed by atoms with van der Waals surface area (Å²) in [6, 6.07) is 36.6. The molecule has 0 radical (unpaired) electrons. The highest BCUT2D eigenvalue weighted by molar-refractivity contribution is 6.09. The van der Waals surface area contributed by atoms with Gasteiger partial charge in [0, 0.05) is 34.1 Å². The molecule has 0 aliphatic heterocycles. The van der Waals surface area contributed by atoms with Crippen LogP contribution in [0.2, 0.25) is 0 Å². The Morgan fingerprint density at radius 1 is 0.652 bits per heavy atom. The molecule has 9 rings (SSSR count). The zero-order valence-electron chi connectivity index (χ0n) is 25.6. The van der Waals surface area contributed by atoms with Crippen LogP contribution < -0.4 is 0 Å². The quantitative estimate of drug-likeness (QED) is 0.191. The van der Waals surface area contributed by atoms with Gasteiger partial charge in [-0.05, 0) is 69.6 Å². The van der Waals surface area contributed by atoms with Crippen LogP contribution in [-0.2, 0) is 6.42 Å². The van der Waals surface area contributed by atoms with Crippen molar-refractivity contribution >= 4 is 43.7 Å². The molecular formula is C42H31N3O. The predicted molar refractivity (Wildman–Crippen MR) is 188 cm³/mol. The van der Waals surface area contributed by atoms with E-state index in [-0.39, 0.29) is 0 Å². The van der Waals surface area contributed by atoms with Crippen LogP contribution >= 0.6 is 0 Å². The monoisotopic (exact) mass is 593 g/mol. The third-order valence-electron chi connectivity index (χ3n) is 9.43. The lowest BCUT2D eigenvalue weighted by Crippen LogP contribution is -2.11. The van der Waals surface area contributed by atoms with Crippen molar-refractivity contribution in [2.24, 2.45) is 5.92 Å². The van der Waals surface area contributed by atoms with E-state index < -0.39 is 0 Å². The summed E-state index contributed by atoms with van der Waals surface area (Å²) >= 11 is 0. The molecule has 7 aromatic rings.